The lowest BCUT2D eigenvalue weighted by molar-refractivity contribution is 0.0375. The molecule has 0 saturated carbocycles. The summed E-state index contributed by atoms with van der Waals surface area (Å²) in [5, 5.41) is 4.32. The van der Waals surface area contributed by atoms with Crippen LogP contribution in [0.1, 0.15) is 12.0 Å². The molecule has 1 aliphatic heterocycles. The Balaban J connectivity index is 1.50. The fourth-order valence-corrected chi connectivity index (χ4v) is 2.52. The van der Waals surface area contributed by atoms with Gasteiger partial charge in [-0.1, -0.05) is 23.7 Å². The second-order valence-corrected chi connectivity index (χ2v) is 5.37. The van der Waals surface area contributed by atoms with Crippen LogP contribution in [0.2, 0.25) is 5.02 Å². The third-order valence-corrected chi connectivity index (χ3v) is 3.65. The van der Waals surface area contributed by atoms with Crippen LogP contribution in [0.15, 0.2) is 24.3 Å². The molecule has 1 fully saturated rings. The number of rotatable bonds is 7. The van der Waals surface area contributed by atoms with E-state index in [4.69, 9.17) is 16.3 Å². The van der Waals surface area contributed by atoms with Crippen molar-refractivity contribution in [2.45, 2.75) is 12.8 Å². The van der Waals surface area contributed by atoms with Gasteiger partial charge in [0.2, 0.25) is 0 Å². The zero-order valence-corrected chi connectivity index (χ0v) is 12.2. The molecule has 1 aliphatic rings. The Morgan fingerprint density at radius 1 is 1.21 bits per heavy atom. The fraction of sp³-hybridized carbons (Fsp3) is 0.600. The number of morpholine rings is 1. The molecule has 1 aromatic carbocycles. The van der Waals surface area contributed by atoms with Gasteiger partial charge in [0.25, 0.3) is 0 Å². The summed E-state index contributed by atoms with van der Waals surface area (Å²) in [6.07, 6.45) is 2.24. The normalized spacial score (nSPS) is 16.7. The summed E-state index contributed by atoms with van der Waals surface area (Å²) in [5.74, 6) is 0. The molecular weight excluding hydrogens is 260 g/mol. The molecule has 0 aliphatic carbocycles. The molecule has 0 spiro atoms. The maximum absolute atomic E-state index is 5.96. The standard InChI is InChI=1S/C15H23ClN2O/c16-15-4-1-3-14(13-15)5-7-17-6-2-8-18-9-11-19-12-10-18/h1,3-4,13,17H,2,5-12H2. The predicted octanol–water partition coefficient (Wildman–Crippen LogP) is 2.19. The van der Waals surface area contributed by atoms with Crippen LogP contribution in [0.5, 0.6) is 0 Å². The van der Waals surface area contributed by atoms with Crippen molar-refractivity contribution in [3.63, 3.8) is 0 Å². The summed E-state index contributed by atoms with van der Waals surface area (Å²) >= 11 is 5.96. The second kappa shape index (κ2) is 8.54. The third kappa shape index (κ3) is 5.91. The maximum Gasteiger partial charge on any atom is 0.0594 e. The highest BCUT2D eigenvalue weighted by molar-refractivity contribution is 6.30. The minimum absolute atomic E-state index is 0.824. The number of halogens is 1. The Bertz CT molecular complexity index is 367. The molecule has 19 heavy (non-hydrogen) atoms. The molecule has 1 aromatic rings. The van der Waals surface area contributed by atoms with Gasteiger partial charge in [-0.05, 0) is 50.2 Å². The van der Waals surface area contributed by atoms with E-state index in [9.17, 15) is 0 Å². The first-order valence-electron chi connectivity index (χ1n) is 7.10. The number of benzene rings is 1. The van der Waals surface area contributed by atoms with E-state index in [1.54, 1.807) is 0 Å². The summed E-state index contributed by atoms with van der Waals surface area (Å²) in [7, 11) is 0. The van der Waals surface area contributed by atoms with Crippen molar-refractivity contribution in [3.8, 4) is 0 Å². The minimum atomic E-state index is 0.824. The van der Waals surface area contributed by atoms with Crippen molar-refractivity contribution in [1.29, 1.82) is 0 Å². The van der Waals surface area contributed by atoms with Gasteiger partial charge in [-0.3, -0.25) is 4.90 Å². The quantitative estimate of drug-likeness (QED) is 0.776. The highest BCUT2D eigenvalue weighted by Gasteiger charge is 2.08. The van der Waals surface area contributed by atoms with Gasteiger partial charge in [-0.2, -0.15) is 0 Å². The molecule has 4 heteroatoms. The summed E-state index contributed by atoms with van der Waals surface area (Å²) in [5.41, 5.74) is 1.30. The molecule has 1 saturated heterocycles. The van der Waals surface area contributed by atoms with E-state index < -0.39 is 0 Å². The lowest BCUT2D eigenvalue weighted by Crippen LogP contribution is -2.37. The number of hydrogen-bond donors (Lipinski definition) is 1. The fourth-order valence-electron chi connectivity index (χ4n) is 2.30. The molecule has 0 amide bonds. The van der Waals surface area contributed by atoms with Gasteiger partial charge in [0.15, 0.2) is 0 Å². The van der Waals surface area contributed by atoms with Crippen molar-refractivity contribution >= 4 is 11.6 Å². The van der Waals surface area contributed by atoms with E-state index in [0.717, 1.165) is 50.8 Å². The molecule has 0 bridgehead atoms. The number of ether oxygens (including phenoxy) is 1. The molecule has 3 nitrogen and oxygen atoms in total. The first-order valence-corrected chi connectivity index (χ1v) is 7.48. The largest absolute Gasteiger partial charge is 0.379 e. The molecule has 0 atom stereocenters. The Morgan fingerprint density at radius 3 is 2.84 bits per heavy atom. The summed E-state index contributed by atoms with van der Waals surface area (Å²) in [6.45, 7) is 7.23. The smallest absolute Gasteiger partial charge is 0.0594 e. The second-order valence-electron chi connectivity index (χ2n) is 4.94. The van der Waals surface area contributed by atoms with Crippen molar-refractivity contribution in [1.82, 2.24) is 10.2 Å². The minimum Gasteiger partial charge on any atom is -0.379 e. The molecule has 0 unspecified atom stereocenters. The van der Waals surface area contributed by atoms with Crippen molar-refractivity contribution < 1.29 is 4.74 Å². The van der Waals surface area contributed by atoms with Crippen LogP contribution in [0.25, 0.3) is 0 Å². The highest BCUT2D eigenvalue weighted by atomic mass is 35.5. The van der Waals surface area contributed by atoms with Crippen LogP contribution < -0.4 is 5.32 Å². The van der Waals surface area contributed by atoms with Gasteiger partial charge < -0.3 is 10.1 Å². The molecule has 106 valence electrons. The molecule has 1 N–H and O–H groups in total. The lowest BCUT2D eigenvalue weighted by atomic mass is 10.1. The van der Waals surface area contributed by atoms with E-state index in [1.165, 1.54) is 18.5 Å². The zero-order valence-electron chi connectivity index (χ0n) is 11.4. The molecule has 1 heterocycles. The van der Waals surface area contributed by atoms with Gasteiger partial charge in [-0.15, -0.1) is 0 Å². The van der Waals surface area contributed by atoms with Gasteiger partial charge in [0, 0.05) is 18.1 Å². The number of nitrogens with zero attached hydrogens (tertiary/aromatic N) is 1. The lowest BCUT2D eigenvalue weighted by Gasteiger charge is -2.26. The zero-order chi connectivity index (χ0) is 13.3. The Hall–Kier alpha value is -0.610. The topological polar surface area (TPSA) is 24.5 Å². The van der Waals surface area contributed by atoms with Crippen molar-refractivity contribution in [2.75, 3.05) is 45.9 Å². The van der Waals surface area contributed by atoms with Gasteiger partial charge >= 0.3 is 0 Å². The van der Waals surface area contributed by atoms with Crippen molar-refractivity contribution in [3.05, 3.63) is 34.9 Å². The number of hydrogen-bond acceptors (Lipinski definition) is 3. The Kier molecular flexibility index (Phi) is 6.65. The van der Waals surface area contributed by atoms with E-state index in [2.05, 4.69) is 16.3 Å². The highest BCUT2D eigenvalue weighted by Crippen LogP contribution is 2.10. The van der Waals surface area contributed by atoms with E-state index in [-0.39, 0.29) is 0 Å². The van der Waals surface area contributed by atoms with Gasteiger partial charge in [-0.25, -0.2) is 0 Å². The third-order valence-electron chi connectivity index (χ3n) is 3.41. The molecule has 0 radical (unpaired) electrons. The van der Waals surface area contributed by atoms with Crippen molar-refractivity contribution in [2.24, 2.45) is 0 Å². The van der Waals surface area contributed by atoms with Crippen LogP contribution in [0, 0.1) is 0 Å². The van der Waals surface area contributed by atoms with E-state index in [1.807, 2.05) is 18.2 Å². The molecule has 0 aromatic heterocycles. The monoisotopic (exact) mass is 282 g/mol. The van der Waals surface area contributed by atoms with Crippen LogP contribution in [0.4, 0.5) is 0 Å². The van der Waals surface area contributed by atoms with Crippen LogP contribution >= 0.6 is 11.6 Å². The summed E-state index contributed by atoms with van der Waals surface area (Å²) in [6, 6.07) is 8.09. The summed E-state index contributed by atoms with van der Waals surface area (Å²) < 4.78 is 5.34. The van der Waals surface area contributed by atoms with Crippen LogP contribution in [-0.2, 0) is 11.2 Å². The van der Waals surface area contributed by atoms with E-state index in [0.29, 0.717) is 0 Å². The number of nitrogens with one attached hydrogen (secondary N) is 1. The maximum atomic E-state index is 5.96. The predicted molar refractivity (Wildman–Crippen MR) is 79.9 cm³/mol. The molecule has 2 rings (SSSR count). The van der Waals surface area contributed by atoms with Gasteiger partial charge in [0.1, 0.15) is 0 Å². The first-order chi connectivity index (χ1) is 9.34. The van der Waals surface area contributed by atoms with E-state index >= 15 is 0 Å². The SMILES string of the molecule is Clc1cccc(CCNCCCN2CCOCC2)c1. The Labute approximate surface area is 120 Å². The molecular formula is C15H23ClN2O. The average molecular weight is 283 g/mol. The average Bonchev–Trinajstić information content (AvgIpc) is 2.44. The Morgan fingerprint density at radius 2 is 2.05 bits per heavy atom. The summed E-state index contributed by atoms with van der Waals surface area (Å²) in [4.78, 5) is 2.47. The van der Waals surface area contributed by atoms with Crippen LogP contribution in [0.3, 0.4) is 0 Å². The van der Waals surface area contributed by atoms with Crippen LogP contribution in [-0.4, -0.2) is 50.8 Å². The first kappa shape index (κ1) is 14.8. The van der Waals surface area contributed by atoms with Gasteiger partial charge in [0.05, 0.1) is 13.2 Å².